The minimum absolute atomic E-state index is 0.114. The Bertz CT molecular complexity index is 1170. The van der Waals surface area contributed by atoms with E-state index in [0.717, 1.165) is 0 Å². The van der Waals surface area contributed by atoms with Gasteiger partial charge in [0.2, 0.25) is 11.8 Å². The zero-order valence-corrected chi connectivity index (χ0v) is 18.1. The number of nitrogens with zero attached hydrogens (tertiary/aromatic N) is 1. The summed E-state index contributed by atoms with van der Waals surface area (Å²) in [5.41, 5.74) is 2.43. The van der Waals surface area contributed by atoms with Crippen molar-refractivity contribution in [2.45, 2.75) is 6.42 Å². The Morgan fingerprint density at radius 1 is 0.848 bits per heavy atom. The van der Waals surface area contributed by atoms with E-state index >= 15 is 0 Å². The van der Waals surface area contributed by atoms with Crippen molar-refractivity contribution in [1.82, 2.24) is 0 Å². The smallest absolute Gasteiger partial charge is 0.323 e. The predicted octanol–water partition coefficient (Wildman–Crippen LogP) is 4.33. The van der Waals surface area contributed by atoms with Crippen LogP contribution in [0.3, 0.4) is 0 Å². The molecule has 3 aromatic rings. The molecule has 33 heavy (non-hydrogen) atoms. The second-order valence-electron chi connectivity index (χ2n) is 7.62. The number of hydrogen-bond acceptors (Lipinski definition) is 4. The van der Waals surface area contributed by atoms with E-state index in [9.17, 15) is 14.4 Å². The van der Waals surface area contributed by atoms with Crippen LogP contribution < -0.4 is 25.6 Å². The molecule has 3 N–H and O–H groups in total. The van der Waals surface area contributed by atoms with Crippen molar-refractivity contribution in [2.75, 3.05) is 34.5 Å². The van der Waals surface area contributed by atoms with E-state index in [1.807, 2.05) is 24.3 Å². The maximum Gasteiger partial charge on any atom is 0.323 e. The third-order valence-corrected chi connectivity index (χ3v) is 5.28. The Hall–Kier alpha value is -4.33. The molecule has 0 bridgehead atoms. The molecule has 168 valence electrons. The van der Waals surface area contributed by atoms with Crippen molar-refractivity contribution in [3.63, 3.8) is 0 Å². The van der Waals surface area contributed by atoms with Gasteiger partial charge in [-0.25, -0.2) is 4.79 Å². The molecule has 4 amide bonds. The van der Waals surface area contributed by atoms with Crippen molar-refractivity contribution >= 4 is 40.6 Å². The normalized spacial score (nSPS) is 15.1. The lowest BCUT2D eigenvalue weighted by atomic mass is 10.1. The van der Waals surface area contributed by atoms with Gasteiger partial charge in [0.15, 0.2) is 0 Å². The second-order valence-corrected chi connectivity index (χ2v) is 7.62. The predicted molar refractivity (Wildman–Crippen MR) is 128 cm³/mol. The van der Waals surface area contributed by atoms with E-state index in [-0.39, 0.29) is 30.8 Å². The van der Waals surface area contributed by atoms with Gasteiger partial charge in [0.1, 0.15) is 5.75 Å². The summed E-state index contributed by atoms with van der Waals surface area (Å²) in [6.07, 6.45) is 0.125. The number of methoxy groups -OCH3 is 1. The van der Waals surface area contributed by atoms with Crippen LogP contribution >= 0.6 is 0 Å². The highest BCUT2D eigenvalue weighted by atomic mass is 16.5. The first-order chi connectivity index (χ1) is 16.0. The van der Waals surface area contributed by atoms with Gasteiger partial charge in [0.05, 0.1) is 13.0 Å². The minimum atomic E-state index is -0.485. The fourth-order valence-electron chi connectivity index (χ4n) is 3.65. The molecule has 8 heteroatoms. The zero-order chi connectivity index (χ0) is 23.2. The number of benzene rings is 3. The van der Waals surface area contributed by atoms with Gasteiger partial charge >= 0.3 is 6.03 Å². The molecular weight excluding hydrogens is 420 g/mol. The van der Waals surface area contributed by atoms with E-state index in [4.69, 9.17) is 4.74 Å². The summed E-state index contributed by atoms with van der Waals surface area (Å²) >= 11 is 0. The number of nitrogens with one attached hydrogen (secondary N) is 3. The molecule has 0 aromatic heterocycles. The highest BCUT2D eigenvalue weighted by Gasteiger charge is 2.35. The van der Waals surface area contributed by atoms with Crippen LogP contribution in [0.2, 0.25) is 0 Å². The topological polar surface area (TPSA) is 99.8 Å². The summed E-state index contributed by atoms with van der Waals surface area (Å²) in [6, 6.07) is 22.8. The van der Waals surface area contributed by atoms with Gasteiger partial charge in [-0.3, -0.25) is 9.59 Å². The Morgan fingerprint density at radius 3 is 2.27 bits per heavy atom. The molecule has 0 radical (unpaired) electrons. The van der Waals surface area contributed by atoms with Crippen molar-refractivity contribution in [2.24, 2.45) is 5.92 Å². The first-order valence-electron chi connectivity index (χ1n) is 10.5. The van der Waals surface area contributed by atoms with Gasteiger partial charge in [0.25, 0.3) is 0 Å². The van der Waals surface area contributed by atoms with Crippen LogP contribution in [0, 0.1) is 5.92 Å². The molecule has 4 rings (SSSR count). The molecule has 0 aliphatic carbocycles. The van der Waals surface area contributed by atoms with Crippen LogP contribution in [0.1, 0.15) is 6.42 Å². The van der Waals surface area contributed by atoms with Crippen molar-refractivity contribution in [3.05, 3.63) is 78.9 Å². The third-order valence-electron chi connectivity index (χ3n) is 5.28. The standard InChI is InChI=1S/C25H24N4O4/c1-33-22-12-6-11-21(15-22)29-16-17(13-23(29)30)24(31)26-19-9-5-10-20(14-19)28-25(32)27-18-7-3-2-4-8-18/h2-12,14-15,17H,13,16H2,1H3,(H,26,31)(H2,27,28,32). The number of amides is 4. The maximum atomic E-state index is 12.8. The Balaban J connectivity index is 1.36. The third kappa shape index (κ3) is 5.48. The quantitative estimate of drug-likeness (QED) is 0.527. The summed E-state index contributed by atoms with van der Waals surface area (Å²) in [4.78, 5) is 39.1. The van der Waals surface area contributed by atoms with Crippen LogP contribution in [0.25, 0.3) is 0 Å². The first kappa shape index (κ1) is 21.9. The molecule has 1 saturated heterocycles. The highest BCUT2D eigenvalue weighted by Crippen LogP contribution is 2.28. The summed E-state index contributed by atoms with van der Waals surface area (Å²) in [5, 5.41) is 8.33. The largest absolute Gasteiger partial charge is 0.497 e. The van der Waals surface area contributed by atoms with Crippen molar-refractivity contribution in [3.8, 4) is 5.75 Å². The lowest BCUT2D eigenvalue weighted by Gasteiger charge is -2.17. The number of para-hydroxylation sites is 1. The lowest BCUT2D eigenvalue weighted by Crippen LogP contribution is -2.28. The van der Waals surface area contributed by atoms with Gasteiger partial charge in [0, 0.05) is 41.8 Å². The van der Waals surface area contributed by atoms with E-state index in [2.05, 4.69) is 16.0 Å². The van der Waals surface area contributed by atoms with Crippen LogP contribution in [0.15, 0.2) is 78.9 Å². The number of hydrogen-bond donors (Lipinski definition) is 3. The Kier molecular flexibility index (Phi) is 6.54. The minimum Gasteiger partial charge on any atom is -0.497 e. The molecular formula is C25H24N4O4. The van der Waals surface area contributed by atoms with E-state index in [1.165, 1.54) is 0 Å². The number of ether oxygens (including phenoxy) is 1. The van der Waals surface area contributed by atoms with Crippen molar-refractivity contribution in [1.29, 1.82) is 0 Å². The number of carbonyl (C=O) groups excluding carboxylic acids is 3. The Morgan fingerprint density at radius 2 is 1.52 bits per heavy atom. The summed E-state index contributed by atoms with van der Waals surface area (Å²) < 4.78 is 5.22. The fourth-order valence-corrected chi connectivity index (χ4v) is 3.65. The van der Waals surface area contributed by atoms with Crippen molar-refractivity contribution < 1.29 is 19.1 Å². The molecule has 1 aliphatic rings. The molecule has 1 aliphatic heterocycles. The van der Waals surface area contributed by atoms with Crippen LogP contribution in [-0.4, -0.2) is 31.5 Å². The summed E-state index contributed by atoms with van der Waals surface area (Å²) in [6.45, 7) is 0.287. The number of rotatable bonds is 6. The Labute approximate surface area is 191 Å². The molecule has 1 heterocycles. The highest BCUT2D eigenvalue weighted by molar-refractivity contribution is 6.04. The monoisotopic (exact) mass is 444 g/mol. The second kappa shape index (κ2) is 9.86. The van der Waals surface area contributed by atoms with Crippen LogP contribution in [0.5, 0.6) is 5.75 Å². The molecule has 0 spiro atoms. The average Bonchev–Trinajstić information content (AvgIpc) is 3.22. The molecule has 0 saturated carbocycles. The molecule has 3 aromatic carbocycles. The van der Waals surface area contributed by atoms with E-state index < -0.39 is 5.92 Å². The zero-order valence-electron chi connectivity index (χ0n) is 18.1. The SMILES string of the molecule is COc1cccc(N2CC(C(=O)Nc3cccc(NC(=O)Nc4ccccc4)c3)CC2=O)c1. The maximum absolute atomic E-state index is 12.8. The lowest BCUT2D eigenvalue weighted by molar-refractivity contribution is -0.122. The van der Waals surface area contributed by atoms with Crippen LogP contribution in [0.4, 0.5) is 27.5 Å². The van der Waals surface area contributed by atoms with E-state index in [0.29, 0.717) is 28.5 Å². The van der Waals surface area contributed by atoms with Crippen LogP contribution in [-0.2, 0) is 9.59 Å². The number of anilines is 4. The van der Waals surface area contributed by atoms with Gasteiger partial charge in [-0.2, -0.15) is 0 Å². The van der Waals surface area contributed by atoms with Gasteiger partial charge < -0.3 is 25.6 Å². The molecule has 1 fully saturated rings. The first-order valence-corrected chi connectivity index (χ1v) is 10.5. The van der Waals surface area contributed by atoms with Gasteiger partial charge in [-0.05, 0) is 42.5 Å². The molecule has 1 atom stereocenters. The van der Waals surface area contributed by atoms with Gasteiger partial charge in [-0.1, -0.05) is 30.3 Å². The fraction of sp³-hybridized carbons (Fsp3) is 0.160. The number of urea groups is 1. The molecule has 1 unspecified atom stereocenters. The summed E-state index contributed by atoms with van der Waals surface area (Å²) in [7, 11) is 1.56. The summed E-state index contributed by atoms with van der Waals surface area (Å²) in [5.74, 6) is -0.202. The van der Waals surface area contributed by atoms with Gasteiger partial charge in [-0.15, -0.1) is 0 Å². The molecule has 8 nitrogen and oxygen atoms in total. The van der Waals surface area contributed by atoms with E-state index in [1.54, 1.807) is 66.6 Å². The number of carbonyl (C=O) groups is 3. The average molecular weight is 444 g/mol.